The maximum atomic E-state index is 12.6. The van der Waals surface area contributed by atoms with Crippen molar-refractivity contribution in [2.24, 2.45) is 0 Å². The van der Waals surface area contributed by atoms with Crippen LogP contribution in [-0.2, 0) is 11.3 Å². The average Bonchev–Trinajstić information content (AvgIpc) is 3.05. The first-order valence-corrected chi connectivity index (χ1v) is 10.2. The lowest BCUT2D eigenvalue weighted by Crippen LogP contribution is -2.53. The molecule has 1 aromatic rings. The average molecular weight is 414 g/mol. The van der Waals surface area contributed by atoms with Gasteiger partial charge in [0.25, 0.3) is 0 Å². The summed E-state index contributed by atoms with van der Waals surface area (Å²) in [4.78, 5) is 16.0. The number of amides is 1. The summed E-state index contributed by atoms with van der Waals surface area (Å²) >= 11 is 0. The highest BCUT2D eigenvalue weighted by Gasteiger charge is 2.45. The lowest BCUT2D eigenvalue weighted by atomic mass is 9.85. The molecule has 1 aromatic carbocycles. The normalized spacial score (nSPS) is 20.7. The van der Waals surface area contributed by atoms with Crippen LogP contribution in [0.2, 0.25) is 0 Å². The van der Waals surface area contributed by atoms with Gasteiger partial charge in [-0.15, -0.1) is 0 Å². The minimum atomic E-state index is -4.54. The number of hydrogen-bond donors (Lipinski definition) is 0. The molecule has 2 heterocycles. The molecule has 2 aliphatic heterocycles. The van der Waals surface area contributed by atoms with Crippen LogP contribution in [-0.4, -0.2) is 60.0 Å². The molecule has 0 radical (unpaired) electrons. The van der Waals surface area contributed by atoms with Gasteiger partial charge in [0.15, 0.2) is 6.10 Å². The monoisotopic (exact) mass is 414 g/mol. The second-order valence-corrected chi connectivity index (χ2v) is 7.88. The molecule has 162 valence electrons. The molecule has 0 bridgehead atoms. The Balaban J connectivity index is 1.56. The van der Waals surface area contributed by atoms with Crippen molar-refractivity contribution in [1.82, 2.24) is 9.80 Å². The Morgan fingerprint density at radius 1 is 1.14 bits per heavy atom. The summed E-state index contributed by atoms with van der Waals surface area (Å²) in [7, 11) is 0. The number of carbonyl (C=O) groups excluding carboxylic acids is 1. The predicted molar refractivity (Wildman–Crippen MR) is 103 cm³/mol. The summed E-state index contributed by atoms with van der Waals surface area (Å²) in [6, 6.07) is 8.09. The van der Waals surface area contributed by atoms with Crippen molar-refractivity contribution in [3.63, 3.8) is 0 Å². The lowest BCUT2D eigenvalue weighted by Gasteiger charge is -2.45. The van der Waals surface area contributed by atoms with E-state index < -0.39 is 18.4 Å². The minimum Gasteiger partial charge on any atom is -0.494 e. The molecule has 1 unspecified atom stereocenters. The zero-order valence-electron chi connectivity index (χ0n) is 17.0. The van der Waals surface area contributed by atoms with E-state index in [-0.39, 0.29) is 5.54 Å². The van der Waals surface area contributed by atoms with E-state index >= 15 is 0 Å². The van der Waals surface area contributed by atoms with Gasteiger partial charge >= 0.3 is 12.3 Å². The molecule has 1 spiro atoms. The number of carbonyl (C=O) groups is 1. The standard InChI is InChI=1S/C21H29F3N2O3/c1-3-28-18-7-5-17(6-8-18)15-26-12-4-9-20(26)10-13-25(14-11-20)19(27)29-16(2)21(22,23)24/h5-8,16H,3-4,9-15H2,1-2H3. The lowest BCUT2D eigenvalue weighted by molar-refractivity contribution is -0.200. The third kappa shape index (κ3) is 5.15. The van der Waals surface area contributed by atoms with Crippen molar-refractivity contribution in [2.45, 2.75) is 63.9 Å². The van der Waals surface area contributed by atoms with Crippen LogP contribution in [0.4, 0.5) is 18.0 Å². The molecule has 5 nitrogen and oxygen atoms in total. The van der Waals surface area contributed by atoms with Crippen molar-refractivity contribution in [1.29, 1.82) is 0 Å². The molecule has 0 aliphatic carbocycles. The molecule has 2 saturated heterocycles. The van der Waals surface area contributed by atoms with Gasteiger partial charge in [-0.3, -0.25) is 4.90 Å². The molecule has 0 aromatic heterocycles. The zero-order valence-corrected chi connectivity index (χ0v) is 17.0. The third-order valence-electron chi connectivity index (χ3n) is 6.04. The molecule has 0 N–H and O–H groups in total. The topological polar surface area (TPSA) is 42.0 Å². The van der Waals surface area contributed by atoms with Crippen LogP contribution in [0.25, 0.3) is 0 Å². The first-order chi connectivity index (χ1) is 13.7. The number of alkyl halides is 3. The summed E-state index contributed by atoms with van der Waals surface area (Å²) in [5, 5.41) is 0. The van der Waals surface area contributed by atoms with Crippen molar-refractivity contribution < 1.29 is 27.4 Å². The molecule has 8 heteroatoms. The Morgan fingerprint density at radius 3 is 2.38 bits per heavy atom. The van der Waals surface area contributed by atoms with Crippen LogP contribution in [0.3, 0.4) is 0 Å². The number of hydrogen-bond acceptors (Lipinski definition) is 4. The third-order valence-corrected chi connectivity index (χ3v) is 6.04. The van der Waals surface area contributed by atoms with Crippen LogP contribution in [0.1, 0.15) is 45.1 Å². The number of likely N-dealkylation sites (tertiary alicyclic amines) is 2. The highest BCUT2D eigenvalue weighted by molar-refractivity contribution is 5.68. The van der Waals surface area contributed by atoms with Crippen LogP contribution in [0.5, 0.6) is 5.75 Å². The number of benzene rings is 1. The van der Waals surface area contributed by atoms with Gasteiger partial charge in [-0.05, 0) is 63.8 Å². The van der Waals surface area contributed by atoms with E-state index in [1.54, 1.807) is 0 Å². The minimum absolute atomic E-state index is 0.00497. The zero-order chi connectivity index (χ0) is 21.1. The molecule has 0 saturated carbocycles. The van der Waals surface area contributed by atoms with E-state index in [0.717, 1.165) is 51.4 Å². The smallest absolute Gasteiger partial charge is 0.425 e. The molecule has 1 amide bonds. The molecule has 29 heavy (non-hydrogen) atoms. The first kappa shape index (κ1) is 21.7. The van der Waals surface area contributed by atoms with Crippen LogP contribution < -0.4 is 4.74 Å². The Hall–Kier alpha value is -1.96. The molecular formula is C21H29F3N2O3. The van der Waals surface area contributed by atoms with E-state index in [1.807, 2.05) is 19.1 Å². The Morgan fingerprint density at radius 2 is 1.79 bits per heavy atom. The van der Waals surface area contributed by atoms with Crippen molar-refractivity contribution in [2.75, 3.05) is 26.2 Å². The van der Waals surface area contributed by atoms with Crippen molar-refractivity contribution >= 4 is 6.09 Å². The van der Waals surface area contributed by atoms with Crippen molar-refractivity contribution in [3.05, 3.63) is 29.8 Å². The quantitative estimate of drug-likeness (QED) is 0.706. The summed E-state index contributed by atoms with van der Waals surface area (Å²) in [6.45, 7) is 6.10. The van der Waals surface area contributed by atoms with Gasteiger partial charge in [0.2, 0.25) is 0 Å². The Kier molecular flexibility index (Phi) is 6.61. The van der Waals surface area contributed by atoms with Crippen LogP contribution >= 0.6 is 0 Å². The Bertz CT molecular complexity index is 685. The van der Waals surface area contributed by atoms with Crippen LogP contribution in [0, 0.1) is 0 Å². The fourth-order valence-electron chi connectivity index (χ4n) is 4.28. The molecule has 3 rings (SSSR count). The summed E-state index contributed by atoms with van der Waals surface area (Å²) < 4.78 is 48.0. The Labute approximate surface area is 169 Å². The van der Waals surface area contributed by atoms with Gasteiger partial charge in [-0.1, -0.05) is 12.1 Å². The maximum absolute atomic E-state index is 12.6. The molecule has 2 fully saturated rings. The van der Waals surface area contributed by atoms with Gasteiger partial charge in [-0.25, -0.2) is 4.79 Å². The van der Waals surface area contributed by atoms with Gasteiger partial charge in [0, 0.05) is 25.2 Å². The fraction of sp³-hybridized carbons (Fsp3) is 0.667. The number of piperidine rings is 1. The van der Waals surface area contributed by atoms with Gasteiger partial charge in [0.1, 0.15) is 5.75 Å². The summed E-state index contributed by atoms with van der Waals surface area (Å²) in [5.74, 6) is 0.854. The highest BCUT2D eigenvalue weighted by atomic mass is 19.4. The predicted octanol–water partition coefficient (Wildman–Crippen LogP) is 4.60. The van der Waals surface area contributed by atoms with E-state index in [1.165, 1.54) is 10.5 Å². The van der Waals surface area contributed by atoms with E-state index in [0.29, 0.717) is 19.7 Å². The second kappa shape index (κ2) is 8.81. The molecular weight excluding hydrogens is 385 g/mol. The fourth-order valence-corrected chi connectivity index (χ4v) is 4.28. The van der Waals surface area contributed by atoms with Gasteiger partial charge in [0.05, 0.1) is 6.61 Å². The van der Waals surface area contributed by atoms with E-state index in [2.05, 4.69) is 21.8 Å². The molecule has 2 aliphatic rings. The first-order valence-electron chi connectivity index (χ1n) is 10.2. The number of rotatable bonds is 5. The van der Waals surface area contributed by atoms with Gasteiger partial charge < -0.3 is 14.4 Å². The van der Waals surface area contributed by atoms with Crippen LogP contribution in [0.15, 0.2) is 24.3 Å². The number of ether oxygens (including phenoxy) is 2. The molecule has 1 atom stereocenters. The number of nitrogens with zero attached hydrogens (tertiary/aromatic N) is 2. The largest absolute Gasteiger partial charge is 0.494 e. The summed E-state index contributed by atoms with van der Waals surface area (Å²) in [6.07, 6.45) is -3.86. The van der Waals surface area contributed by atoms with E-state index in [9.17, 15) is 18.0 Å². The SMILES string of the molecule is CCOc1ccc(CN2CCCC23CCN(C(=O)OC(C)C(F)(F)F)CC3)cc1. The highest BCUT2D eigenvalue weighted by Crippen LogP contribution is 2.39. The maximum Gasteiger partial charge on any atom is 0.425 e. The summed E-state index contributed by atoms with van der Waals surface area (Å²) in [5.41, 5.74) is 1.21. The second-order valence-electron chi connectivity index (χ2n) is 7.88. The van der Waals surface area contributed by atoms with Gasteiger partial charge in [-0.2, -0.15) is 13.2 Å². The van der Waals surface area contributed by atoms with E-state index in [4.69, 9.17) is 4.74 Å². The number of halogens is 3. The van der Waals surface area contributed by atoms with Crippen molar-refractivity contribution in [3.8, 4) is 5.75 Å².